The van der Waals surface area contributed by atoms with E-state index < -0.39 is 6.10 Å². The monoisotopic (exact) mass is 821 g/mol. The third-order valence-corrected chi connectivity index (χ3v) is 9.88. The molecule has 0 bridgehead atoms. The van der Waals surface area contributed by atoms with Crippen molar-refractivity contribution in [3.63, 3.8) is 0 Å². The van der Waals surface area contributed by atoms with Crippen LogP contribution in [0.25, 0.3) is 0 Å². The summed E-state index contributed by atoms with van der Waals surface area (Å²) in [5, 5.41) is 0. The maximum absolute atomic E-state index is 12.7. The van der Waals surface area contributed by atoms with Crippen molar-refractivity contribution in [2.45, 2.75) is 219 Å². The molecule has 0 aliphatic rings. The Bertz CT molecular complexity index is 1170. The van der Waals surface area contributed by atoms with Gasteiger partial charge >= 0.3 is 17.9 Å². The first-order chi connectivity index (χ1) is 29.0. The summed E-state index contributed by atoms with van der Waals surface area (Å²) >= 11 is 0. The zero-order valence-corrected chi connectivity index (χ0v) is 38.2. The third-order valence-electron chi connectivity index (χ3n) is 9.88. The predicted molar refractivity (Wildman–Crippen MR) is 251 cm³/mol. The standard InChI is InChI=1S/C53H88O6/c1-4-7-10-13-16-19-21-23-25-27-29-30-32-34-37-40-43-46-52(55)58-49-50(48-57-51(54)45-42-39-36-18-15-12-9-6-3)59-53(56)47-44-41-38-35-33-31-28-26-24-22-20-17-14-11-8-5-2/h7,10,16,19-20,22-23,25-26,28-30,34,37,50H,4-6,8-9,11-15,17-18,21,24,27,31-33,35-36,38-49H2,1-3H3/b10-7-,19-16-,22-20-,25-23-,28-26-,30-29-,37-34-. The summed E-state index contributed by atoms with van der Waals surface area (Å²) < 4.78 is 16.6. The zero-order chi connectivity index (χ0) is 43.0. The van der Waals surface area contributed by atoms with Crippen LogP contribution in [0.5, 0.6) is 0 Å². The molecule has 6 heteroatoms. The van der Waals surface area contributed by atoms with Crippen molar-refractivity contribution in [2.75, 3.05) is 13.2 Å². The minimum absolute atomic E-state index is 0.100. The van der Waals surface area contributed by atoms with Crippen LogP contribution in [-0.2, 0) is 28.6 Å². The molecular weight excluding hydrogens is 733 g/mol. The molecule has 0 fully saturated rings. The van der Waals surface area contributed by atoms with Crippen molar-refractivity contribution in [3.8, 4) is 0 Å². The number of hydrogen-bond acceptors (Lipinski definition) is 6. The molecule has 0 aromatic carbocycles. The van der Waals surface area contributed by atoms with Crippen LogP contribution in [0.4, 0.5) is 0 Å². The number of allylic oxidation sites excluding steroid dienone is 14. The summed E-state index contributed by atoms with van der Waals surface area (Å²) in [6, 6.07) is 0. The van der Waals surface area contributed by atoms with Crippen LogP contribution in [0.2, 0.25) is 0 Å². The molecule has 0 spiro atoms. The van der Waals surface area contributed by atoms with Crippen LogP contribution in [0.1, 0.15) is 213 Å². The van der Waals surface area contributed by atoms with E-state index in [4.69, 9.17) is 14.2 Å². The molecule has 0 radical (unpaired) electrons. The average molecular weight is 821 g/mol. The Hall–Kier alpha value is -3.41. The van der Waals surface area contributed by atoms with Crippen molar-refractivity contribution in [3.05, 3.63) is 85.1 Å². The van der Waals surface area contributed by atoms with Gasteiger partial charge in [0.1, 0.15) is 13.2 Å². The van der Waals surface area contributed by atoms with Gasteiger partial charge in [0.15, 0.2) is 6.10 Å². The number of carbonyl (C=O) groups is 3. The molecule has 0 aliphatic carbocycles. The second-order valence-electron chi connectivity index (χ2n) is 15.6. The van der Waals surface area contributed by atoms with Gasteiger partial charge in [-0.25, -0.2) is 0 Å². The second-order valence-corrected chi connectivity index (χ2v) is 15.6. The van der Waals surface area contributed by atoms with Crippen LogP contribution in [-0.4, -0.2) is 37.2 Å². The molecule has 0 saturated carbocycles. The minimum Gasteiger partial charge on any atom is -0.462 e. The third kappa shape index (κ3) is 45.5. The molecule has 0 saturated heterocycles. The molecule has 0 aliphatic heterocycles. The van der Waals surface area contributed by atoms with Gasteiger partial charge in [-0.05, 0) is 89.9 Å². The van der Waals surface area contributed by atoms with E-state index in [1.807, 2.05) is 0 Å². The van der Waals surface area contributed by atoms with E-state index in [0.717, 1.165) is 103 Å². The van der Waals surface area contributed by atoms with Crippen LogP contribution >= 0.6 is 0 Å². The number of hydrogen-bond donors (Lipinski definition) is 0. The molecule has 59 heavy (non-hydrogen) atoms. The van der Waals surface area contributed by atoms with E-state index in [-0.39, 0.29) is 37.5 Å². The number of unbranched alkanes of at least 4 members (excludes halogenated alkanes) is 17. The molecule has 0 heterocycles. The molecule has 1 atom stereocenters. The van der Waals surface area contributed by atoms with Gasteiger partial charge in [0, 0.05) is 19.3 Å². The number of ether oxygens (including phenoxy) is 3. The number of esters is 3. The lowest BCUT2D eigenvalue weighted by molar-refractivity contribution is -0.167. The topological polar surface area (TPSA) is 78.9 Å². The largest absolute Gasteiger partial charge is 0.462 e. The van der Waals surface area contributed by atoms with Crippen LogP contribution < -0.4 is 0 Å². The molecule has 0 amide bonds. The summed E-state index contributed by atoms with van der Waals surface area (Å²) in [7, 11) is 0. The van der Waals surface area contributed by atoms with Crippen LogP contribution in [0.3, 0.4) is 0 Å². The Morgan fingerprint density at radius 1 is 0.356 bits per heavy atom. The van der Waals surface area contributed by atoms with E-state index in [1.165, 1.54) is 64.2 Å². The van der Waals surface area contributed by atoms with E-state index in [1.54, 1.807) is 0 Å². The van der Waals surface area contributed by atoms with Crippen LogP contribution in [0, 0.1) is 0 Å². The first-order valence-electron chi connectivity index (χ1n) is 24.1. The van der Waals surface area contributed by atoms with Crippen LogP contribution in [0.15, 0.2) is 85.1 Å². The molecule has 0 N–H and O–H groups in total. The fraction of sp³-hybridized carbons (Fsp3) is 0.679. The van der Waals surface area contributed by atoms with Crippen molar-refractivity contribution in [1.29, 1.82) is 0 Å². The maximum Gasteiger partial charge on any atom is 0.306 e. The SMILES string of the molecule is CC/C=C\C/C=C\C/C=C\C/C=C\C/C=C\CCCC(=O)OCC(COC(=O)CCCCCCCCCC)OC(=O)CCCCCCC/C=C\C/C=C\CCCCCC. The predicted octanol–water partition coefficient (Wildman–Crippen LogP) is 15.6. The lowest BCUT2D eigenvalue weighted by atomic mass is 10.1. The highest BCUT2D eigenvalue weighted by Crippen LogP contribution is 2.13. The molecule has 0 aromatic heterocycles. The molecule has 1 unspecified atom stereocenters. The minimum atomic E-state index is -0.803. The van der Waals surface area contributed by atoms with E-state index in [2.05, 4.69) is 106 Å². The van der Waals surface area contributed by atoms with Crippen molar-refractivity contribution < 1.29 is 28.6 Å². The van der Waals surface area contributed by atoms with Crippen molar-refractivity contribution in [2.24, 2.45) is 0 Å². The highest BCUT2D eigenvalue weighted by atomic mass is 16.6. The van der Waals surface area contributed by atoms with Gasteiger partial charge in [0.25, 0.3) is 0 Å². The maximum atomic E-state index is 12.7. The van der Waals surface area contributed by atoms with Gasteiger partial charge < -0.3 is 14.2 Å². The molecule has 0 rings (SSSR count). The fourth-order valence-corrected chi connectivity index (χ4v) is 6.27. The Labute approximate surface area is 363 Å². The number of rotatable bonds is 42. The molecule has 6 nitrogen and oxygen atoms in total. The second kappa shape index (κ2) is 47.3. The van der Waals surface area contributed by atoms with Gasteiger partial charge in [-0.2, -0.15) is 0 Å². The Balaban J connectivity index is 4.45. The Morgan fingerprint density at radius 3 is 1.12 bits per heavy atom. The lowest BCUT2D eigenvalue weighted by Gasteiger charge is -2.18. The van der Waals surface area contributed by atoms with E-state index >= 15 is 0 Å². The molecule has 336 valence electrons. The summed E-state index contributed by atoms with van der Waals surface area (Å²) in [5.41, 5.74) is 0. The quantitative estimate of drug-likeness (QED) is 0.0264. The Morgan fingerprint density at radius 2 is 0.678 bits per heavy atom. The summed E-state index contributed by atoms with van der Waals surface area (Å²) in [6.07, 6.45) is 60.0. The van der Waals surface area contributed by atoms with Gasteiger partial charge in [0.2, 0.25) is 0 Å². The van der Waals surface area contributed by atoms with Gasteiger partial charge in [-0.15, -0.1) is 0 Å². The average Bonchev–Trinajstić information content (AvgIpc) is 3.23. The zero-order valence-electron chi connectivity index (χ0n) is 38.2. The normalized spacial score (nSPS) is 12.8. The summed E-state index contributed by atoms with van der Waals surface area (Å²) in [4.78, 5) is 37.7. The highest BCUT2D eigenvalue weighted by molar-refractivity contribution is 5.71. The van der Waals surface area contributed by atoms with Crippen molar-refractivity contribution in [1.82, 2.24) is 0 Å². The lowest BCUT2D eigenvalue weighted by Crippen LogP contribution is -2.30. The van der Waals surface area contributed by atoms with E-state index in [0.29, 0.717) is 19.3 Å². The van der Waals surface area contributed by atoms with Gasteiger partial charge in [0.05, 0.1) is 0 Å². The smallest absolute Gasteiger partial charge is 0.306 e. The van der Waals surface area contributed by atoms with E-state index in [9.17, 15) is 14.4 Å². The number of carbonyl (C=O) groups excluding carboxylic acids is 3. The fourth-order valence-electron chi connectivity index (χ4n) is 6.27. The summed E-state index contributed by atoms with van der Waals surface area (Å²) in [5.74, 6) is -0.984. The molecular formula is C53H88O6. The van der Waals surface area contributed by atoms with Gasteiger partial charge in [-0.3, -0.25) is 14.4 Å². The first-order valence-corrected chi connectivity index (χ1v) is 24.1. The Kier molecular flexibility index (Phi) is 44.5. The highest BCUT2D eigenvalue weighted by Gasteiger charge is 2.19. The first kappa shape index (κ1) is 55.6. The molecule has 0 aromatic rings. The van der Waals surface area contributed by atoms with Crippen molar-refractivity contribution >= 4 is 17.9 Å². The van der Waals surface area contributed by atoms with Gasteiger partial charge in [-0.1, -0.05) is 189 Å². The summed E-state index contributed by atoms with van der Waals surface area (Å²) in [6.45, 7) is 6.40.